The summed E-state index contributed by atoms with van der Waals surface area (Å²) in [4.78, 5) is 7.04. The molecule has 0 aromatic heterocycles. The van der Waals surface area contributed by atoms with Crippen molar-refractivity contribution in [1.82, 2.24) is 4.90 Å². The quantitative estimate of drug-likeness (QED) is 0.675. The third-order valence-electron chi connectivity index (χ3n) is 6.45. The molecule has 5 atom stereocenters. The van der Waals surface area contributed by atoms with Gasteiger partial charge in [0.1, 0.15) is 18.2 Å². The van der Waals surface area contributed by atoms with Crippen LogP contribution < -0.4 is 0 Å². The zero-order valence-corrected chi connectivity index (χ0v) is 17.6. The second-order valence-corrected chi connectivity index (χ2v) is 8.57. The van der Waals surface area contributed by atoms with Crippen LogP contribution in [0.25, 0.3) is 0 Å². The third-order valence-corrected chi connectivity index (χ3v) is 6.45. The number of hydrogen-bond donors (Lipinski definition) is 0. The van der Waals surface area contributed by atoms with Gasteiger partial charge in [-0.05, 0) is 24.0 Å². The Morgan fingerprint density at radius 1 is 0.903 bits per heavy atom. The molecule has 6 heteroatoms. The summed E-state index contributed by atoms with van der Waals surface area (Å²) in [5.74, 6) is -0.281. The van der Waals surface area contributed by atoms with Crippen LogP contribution in [0.15, 0.2) is 65.7 Å². The molecular formula is C25H29FN2O3. The highest BCUT2D eigenvalue weighted by molar-refractivity contribution is 5.76. The molecule has 0 bridgehead atoms. The minimum atomic E-state index is -0.462. The molecule has 1 aliphatic carbocycles. The molecule has 0 radical (unpaired) electrons. The van der Waals surface area contributed by atoms with E-state index in [4.69, 9.17) is 19.2 Å². The molecular weight excluding hydrogens is 395 g/mol. The fraction of sp³-hybridized carbons (Fsp3) is 0.480. The molecule has 0 N–H and O–H groups in total. The van der Waals surface area contributed by atoms with E-state index < -0.39 is 6.67 Å². The first-order valence-electron chi connectivity index (χ1n) is 11.2. The Balaban J connectivity index is 1.37. The van der Waals surface area contributed by atoms with E-state index in [-0.39, 0.29) is 30.3 Å². The number of benzene rings is 2. The molecule has 5 rings (SSSR count). The fourth-order valence-corrected chi connectivity index (χ4v) is 4.59. The molecule has 31 heavy (non-hydrogen) atoms. The SMILES string of the molecule is FC[C@H]1C[C@@H]2OC(N3CCC3)=N[C@@H]2[C@@H](OCc2ccccc2)[C@@H]1OCc1ccccc1. The van der Waals surface area contributed by atoms with Gasteiger partial charge in [0.15, 0.2) is 0 Å². The zero-order valence-electron chi connectivity index (χ0n) is 17.6. The van der Waals surface area contributed by atoms with Gasteiger partial charge in [0.2, 0.25) is 0 Å². The summed E-state index contributed by atoms with van der Waals surface area (Å²) in [6.45, 7) is 2.33. The molecule has 0 amide bonds. The van der Waals surface area contributed by atoms with Gasteiger partial charge in [0, 0.05) is 19.0 Å². The van der Waals surface area contributed by atoms with Gasteiger partial charge in [0.05, 0.1) is 26.0 Å². The predicted octanol–water partition coefficient (Wildman–Crippen LogP) is 3.98. The second kappa shape index (κ2) is 9.37. The Morgan fingerprint density at radius 3 is 2.06 bits per heavy atom. The average Bonchev–Trinajstić information content (AvgIpc) is 3.19. The van der Waals surface area contributed by atoms with Gasteiger partial charge >= 0.3 is 0 Å². The number of likely N-dealkylation sites (tertiary alicyclic amines) is 1. The highest BCUT2D eigenvalue weighted by atomic mass is 19.1. The number of fused-ring (bicyclic) bond motifs is 1. The molecule has 2 aromatic carbocycles. The largest absolute Gasteiger partial charge is 0.459 e. The maximum Gasteiger partial charge on any atom is 0.288 e. The normalized spacial score (nSPS) is 29.6. The number of rotatable bonds is 7. The van der Waals surface area contributed by atoms with Crippen LogP contribution in [0, 0.1) is 5.92 Å². The van der Waals surface area contributed by atoms with E-state index in [9.17, 15) is 4.39 Å². The Bertz CT molecular complexity index is 875. The topological polar surface area (TPSA) is 43.3 Å². The summed E-state index contributed by atoms with van der Waals surface area (Å²) < 4.78 is 33.0. The Labute approximate surface area is 182 Å². The summed E-state index contributed by atoms with van der Waals surface area (Å²) in [6.07, 6.45) is 0.850. The van der Waals surface area contributed by atoms with E-state index in [2.05, 4.69) is 4.90 Å². The number of nitrogens with zero attached hydrogens (tertiary/aromatic N) is 2. The summed E-state index contributed by atoms with van der Waals surface area (Å²) in [5.41, 5.74) is 2.14. The van der Waals surface area contributed by atoms with E-state index in [1.165, 1.54) is 0 Å². The van der Waals surface area contributed by atoms with Gasteiger partial charge in [-0.25, -0.2) is 4.99 Å². The molecule has 0 spiro atoms. The Hall–Kier alpha value is -2.44. The van der Waals surface area contributed by atoms with Crippen LogP contribution >= 0.6 is 0 Å². The van der Waals surface area contributed by atoms with Crippen molar-refractivity contribution in [1.29, 1.82) is 0 Å². The van der Waals surface area contributed by atoms with Crippen LogP contribution in [0.5, 0.6) is 0 Å². The number of halogens is 1. The monoisotopic (exact) mass is 424 g/mol. The molecule has 5 nitrogen and oxygen atoms in total. The summed E-state index contributed by atoms with van der Waals surface area (Å²) in [5, 5.41) is 0. The highest BCUT2D eigenvalue weighted by Gasteiger charge is 2.51. The van der Waals surface area contributed by atoms with Crippen LogP contribution in [0.2, 0.25) is 0 Å². The highest BCUT2D eigenvalue weighted by Crippen LogP contribution is 2.38. The molecule has 2 aliphatic heterocycles. The minimum absolute atomic E-state index is 0.159. The van der Waals surface area contributed by atoms with Crippen LogP contribution in [0.4, 0.5) is 4.39 Å². The molecule has 3 aliphatic rings. The van der Waals surface area contributed by atoms with Gasteiger partial charge in [0.25, 0.3) is 6.02 Å². The van der Waals surface area contributed by atoms with Gasteiger partial charge in [-0.15, -0.1) is 0 Å². The zero-order chi connectivity index (χ0) is 21.0. The number of alkyl halides is 1. The van der Waals surface area contributed by atoms with Crippen LogP contribution in [0.3, 0.4) is 0 Å². The van der Waals surface area contributed by atoms with Gasteiger partial charge < -0.3 is 19.1 Å². The predicted molar refractivity (Wildman–Crippen MR) is 116 cm³/mol. The van der Waals surface area contributed by atoms with Crippen LogP contribution in [0.1, 0.15) is 24.0 Å². The lowest BCUT2D eigenvalue weighted by molar-refractivity contribution is -0.154. The Kier molecular flexibility index (Phi) is 6.18. The van der Waals surface area contributed by atoms with Crippen molar-refractivity contribution in [3.05, 3.63) is 71.8 Å². The van der Waals surface area contributed by atoms with E-state index in [1.807, 2.05) is 60.7 Å². The smallest absolute Gasteiger partial charge is 0.288 e. The lowest BCUT2D eigenvalue weighted by atomic mass is 9.80. The third kappa shape index (κ3) is 4.46. The number of hydrogen-bond acceptors (Lipinski definition) is 5. The lowest BCUT2D eigenvalue weighted by Crippen LogP contribution is -2.54. The maximum atomic E-state index is 14.1. The van der Waals surface area contributed by atoms with Gasteiger partial charge in [-0.1, -0.05) is 60.7 Å². The molecule has 164 valence electrons. The average molecular weight is 425 g/mol. The maximum absolute atomic E-state index is 14.1. The van der Waals surface area contributed by atoms with Crippen molar-refractivity contribution in [2.75, 3.05) is 19.8 Å². The Morgan fingerprint density at radius 2 is 1.52 bits per heavy atom. The number of ether oxygens (including phenoxy) is 3. The van der Waals surface area contributed by atoms with E-state index in [1.54, 1.807) is 0 Å². The standard InChI is InChI=1S/C25H29FN2O3/c26-15-20-14-21-22(27-25(31-21)28-12-7-13-28)24(30-17-19-10-5-2-6-11-19)23(20)29-16-18-8-3-1-4-9-18/h1-6,8-11,20-24H,7,12-17H2/t20-,21+,22+,23-,24-/m1/s1. The summed E-state index contributed by atoms with van der Waals surface area (Å²) in [7, 11) is 0. The molecule has 2 heterocycles. The van der Waals surface area contributed by atoms with E-state index >= 15 is 0 Å². The minimum Gasteiger partial charge on any atom is -0.459 e. The molecule has 1 saturated carbocycles. The second-order valence-electron chi connectivity index (χ2n) is 8.57. The van der Waals surface area contributed by atoms with Crippen molar-refractivity contribution >= 4 is 6.02 Å². The van der Waals surface area contributed by atoms with Crippen LogP contribution in [-0.2, 0) is 27.4 Å². The molecule has 0 unspecified atom stereocenters. The molecule has 1 saturated heterocycles. The number of amidine groups is 1. The lowest BCUT2D eigenvalue weighted by Gasteiger charge is -2.41. The molecule has 2 aromatic rings. The van der Waals surface area contributed by atoms with E-state index in [0.29, 0.717) is 25.7 Å². The molecule has 2 fully saturated rings. The van der Waals surface area contributed by atoms with Gasteiger partial charge in [-0.3, -0.25) is 4.39 Å². The van der Waals surface area contributed by atoms with Crippen molar-refractivity contribution in [2.45, 2.75) is 50.4 Å². The van der Waals surface area contributed by atoms with Crippen LogP contribution in [-0.4, -0.2) is 55.0 Å². The van der Waals surface area contributed by atoms with Crippen molar-refractivity contribution in [2.24, 2.45) is 10.9 Å². The van der Waals surface area contributed by atoms with E-state index in [0.717, 1.165) is 30.6 Å². The number of aliphatic imine (C=N–C) groups is 1. The van der Waals surface area contributed by atoms with Crippen molar-refractivity contribution in [3.63, 3.8) is 0 Å². The van der Waals surface area contributed by atoms with Gasteiger partial charge in [-0.2, -0.15) is 0 Å². The first-order chi connectivity index (χ1) is 15.3. The first-order valence-corrected chi connectivity index (χ1v) is 11.2. The first kappa shape index (κ1) is 20.5. The summed E-state index contributed by atoms with van der Waals surface area (Å²) >= 11 is 0. The van der Waals surface area contributed by atoms with Crippen molar-refractivity contribution < 1.29 is 18.6 Å². The fourth-order valence-electron chi connectivity index (χ4n) is 4.59. The summed E-state index contributed by atoms with van der Waals surface area (Å²) in [6, 6.07) is 20.6. The van der Waals surface area contributed by atoms with Crippen molar-refractivity contribution in [3.8, 4) is 0 Å².